The van der Waals surface area contributed by atoms with Crippen LogP contribution in [-0.4, -0.2) is 25.0 Å². The third kappa shape index (κ3) is 2.33. The molecule has 6 heteroatoms. The summed E-state index contributed by atoms with van der Waals surface area (Å²) < 4.78 is 0.657. The van der Waals surface area contributed by atoms with Gasteiger partial charge in [-0.15, -0.1) is 11.3 Å². The lowest BCUT2D eigenvalue weighted by molar-refractivity contribution is 0.461. The molecule has 4 rings (SSSR count). The molecule has 0 saturated carbocycles. The predicted octanol–water partition coefficient (Wildman–Crippen LogP) is 3.83. The minimum Gasteiger partial charge on any atom is -0.492 e. The highest BCUT2D eigenvalue weighted by Crippen LogP contribution is 2.37. The van der Waals surface area contributed by atoms with Gasteiger partial charge in [-0.1, -0.05) is 12.1 Å². The third-order valence-corrected chi connectivity index (χ3v) is 4.52. The van der Waals surface area contributed by atoms with Crippen molar-refractivity contribution >= 4 is 21.6 Å². The number of aromatic nitrogens is 4. The van der Waals surface area contributed by atoms with E-state index in [-0.39, 0.29) is 5.88 Å². The smallest absolute Gasteiger partial charge is 0.233 e. The predicted molar refractivity (Wildman–Crippen MR) is 90.3 cm³/mol. The fourth-order valence-corrected chi connectivity index (χ4v) is 3.33. The van der Waals surface area contributed by atoms with E-state index in [4.69, 9.17) is 0 Å². The van der Waals surface area contributed by atoms with Crippen LogP contribution in [0.2, 0.25) is 0 Å². The zero-order chi connectivity index (χ0) is 15.8. The van der Waals surface area contributed by atoms with Crippen molar-refractivity contribution in [2.75, 3.05) is 0 Å². The molecule has 0 aliphatic rings. The minimum atomic E-state index is -0.0273. The Morgan fingerprint density at radius 3 is 2.65 bits per heavy atom. The summed E-state index contributed by atoms with van der Waals surface area (Å²) in [4.78, 5) is 17.5. The van der Waals surface area contributed by atoms with Crippen molar-refractivity contribution in [1.82, 2.24) is 19.9 Å². The van der Waals surface area contributed by atoms with Crippen molar-refractivity contribution in [3.8, 4) is 28.7 Å². The highest BCUT2D eigenvalue weighted by molar-refractivity contribution is 7.18. The van der Waals surface area contributed by atoms with Crippen LogP contribution in [0.3, 0.4) is 0 Å². The minimum absolute atomic E-state index is 0.0273. The molecule has 0 amide bonds. The van der Waals surface area contributed by atoms with Crippen LogP contribution in [-0.2, 0) is 0 Å². The van der Waals surface area contributed by atoms with Crippen LogP contribution in [0.15, 0.2) is 48.1 Å². The lowest BCUT2D eigenvalue weighted by Gasteiger charge is -2.04. The van der Waals surface area contributed by atoms with E-state index in [0.717, 1.165) is 16.8 Å². The second-order valence-electron chi connectivity index (χ2n) is 5.08. The number of rotatable bonds is 2. The summed E-state index contributed by atoms with van der Waals surface area (Å²) in [5.74, 6) is 0.379. The molecule has 0 fully saturated rings. The van der Waals surface area contributed by atoms with Crippen molar-refractivity contribution in [2.45, 2.75) is 6.92 Å². The van der Waals surface area contributed by atoms with Crippen molar-refractivity contribution in [2.24, 2.45) is 0 Å². The number of nitrogens with zero attached hydrogens (tertiary/aromatic N) is 4. The molecule has 4 heterocycles. The highest BCUT2D eigenvalue weighted by Gasteiger charge is 2.17. The van der Waals surface area contributed by atoms with Crippen LogP contribution in [0, 0.1) is 6.92 Å². The molecule has 0 aliphatic carbocycles. The summed E-state index contributed by atoms with van der Waals surface area (Å²) >= 11 is 1.41. The average Bonchev–Trinajstić information content (AvgIpc) is 3.00. The quantitative estimate of drug-likeness (QED) is 0.608. The summed E-state index contributed by atoms with van der Waals surface area (Å²) in [6.45, 7) is 2.01. The molecule has 0 spiro atoms. The highest BCUT2D eigenvalue weighted by atomic mass is 32.1. The van der Waals surface area contributed by atoms with E-state index in [9.17, 15) is 5.11 Å². The van der Waals surface area contributed by atoms with E-state index in [1.165, 1.54) is 11.3 Å². The molecule has 4 aromatic heterocycles. The number of thiophene rings is 1. The Bertz CT molecular complexity index is 998. The fourth-order valence-electron chi connectivity index (χ4n) is 2.45. The third-order valence-electron chi connectivity index (χ3n) is 3.56. The zero-order valence-corrected chi connectivity index (χ0v) is 13.1. The maximum atomic E-state index is 10.3. The maximum absolute atomic E-state index is 10.3. The van der Waals surface area contributed by atoms with Crippen LogP contribution in [0.4, 0.5) is 0 Å². The van der Waals surface area contributed by atoms with E-state index in [1.54, 1.807) is 12.4 Å². The second kappa shape index (κ2) is 5.40. The van der Waals surface area contributed by atoms with Crippen LogP contribution < -0.4 is 0 Å². The van der Waals surface area contributed by atoms with Gasteiger partial charge in [0.15, 0.2) is 5.82 Å². The Kier molecular flexibility index (Phi) is 3.24. The molecule has 0 atom stereocenters. The van der Waals surface area contributed by atoms with Gasteiger partial charge in [0.1, 0.15) is 10.4 Å². The Hall–Kier alpha value is -2.86. The van der Waals surface area contributed by atoms with Gasteiger partial charge in [-0.3, -0.25) is 9.97 Å². The summed E-state index contributed by atoms with van der Waals surface area (Å²) in [6.07, 6.45) is 3.43. The van der Waals surface area contributed by atoms with Gasteiger partial charge >= 0.3 is 0 Å². The Morgan fingerprint density at radius 2 is 1.87 bits per heavy atom. The first kappa shape index (κ1) is 13.8. The standard InChI is InChI=1S/C17H12N4OS/c1-10-5-4-8-19-13(10)11-9-23-15-14(11)20-16(21-17(15)22)12-6-2-3-7-18-12/h2-9H,1H3,(H,20,21,22). The van der Waals surface area contributed by atoms with Gasteiger partial charge in [0, 0.05) is 23.3 Å². The van der Waals surface area contributed by atoms with Gasteiger partial charge in [0.05, 0.1) is 11.2 Å². The first-order valence-corrected chi connectivity index (χ1v) is 7.93. The lowest BCUT2D eigenvalue weighted by atomic mass is 10.1. The van der Waals surface area contributed by atoms with Crippen molar-refractivity contribution in [3.05, 3.63) is 53.7 Å². The van der Waals surface area contributed by atoms with Crippen LogP contribution in [0.25, 0.3) is 33.0 Å². The second-order valence-corrected chi connectivity index (χ2v) is 5.96. The monoisotopic (exact) mass is 320 g/mol. The first-order chi connectivity index (χ1) is 11.2. The van der Waals surface area contributed by atoms with E-state index in [0.29, 0.717) is 21.7 Å². The number of aromatic hydroxyl groups is 1. The number of fused-ring (bicyclic) bond motifs is 1. The Labute approximate surface area is 136 Å². The van der Waals surface area contributed by atoms with Crippen LogP contribution in [0.1, 0.15) is 5.56 Å². The van der Waals surface area contributed by atoms with Crippen LogP contribution in [0.5, 0.6) is 5.88 Å². The zero-order valence-electron chi connectivity index (χ0n) is 12.3. The number of pyridine rings is 2. The molecule has 0 unspecified atom stereocenters. The van der Waals surface area contributed by atoms with E-state index < -0.39 is 0 Å². The summed E-state index contributed by atoms with van der Waals surface area (Å²) in [5, 5.41) is 12.2. The van der Waals surface area contributed by atoms with Gasteiger partial charge in [0.25, 0.3) is 0 Å². The van der Waals surface area contributed by atoms with Gasteiger partial charge in [-0.05, 0) is 30.7 Å². The molecule has 1 N–H and O–H groups in total. The van der Waals surface area contributed by atoms with E-state index in [1.807, 2.05) is 42.6 Å². The molecule has 0 aliphatic heterocycles. The Morgan fingerprint density at radius 1 is 1.00 bits per heavy atom. The molecular formula is C17H12N4OS. The SMILES string of the molecule is Cc1cccnc1-c1csc2c(O)nc(-c3ccccn3)nc12. The Balaban J connectivity index is 1.98. The largest absolute Gasteiger partial charge is 0.492 e. The van der Waals surface area contributed by atoms with Gasteiger partial charge in [-0.2, -0.15) is 4.98 Å². The molecule has 23 heavy (non-hydrogen) atoms. The van der Waals surface area contributed by atoms with Gasteiger partial charge < -0.3 is 5.11 Å². The average molecular weight is 320 g/mol. The van der Waals surface area contributed by atoms with Crippen LogP contribution >= 0.6 is 11.3 Å². The molecule has 4 aromatic rings. The molecule has 0 saturated heterocycles. The lowest BCUT2D eigenvalue weighted by Crippen LogP contribution is -1.93. The maximum Gasteiger partial charge on any atom is 0.233 e. The molecule has 5 nitrogen and oxygen atoms in total. The number of aryl methyl sites for hydroxylation is 1. The van der Waals surface area contributed by atoms with Gasteiger partial charge in [0.2, 0.25) is 5.88 Å². The number of hydrogen-bond donors (Lipinski definition) is 1. The topological polar surface area (TPSA) is 71.8 Å². The van der Waals surface area contributed by atoms with E-state index in [2.05, 4.69) is 19.9 Å². The fraction of sp³-hybridized carbons (Fsp3) is 0.0588. The van der Waals surface area contributed by atoms with Crippen molar-refractivity contribution in [1.29, 1.82) is 0 Å². The normalized spacial score (nSPS) is 11.0. The van der Waals surface area contributed by atoms with E-state index >= 15 is 0 Å². The molecular weight excluding hydrogens is 308 g/mol. The first-order valence-electron chi connectivity index (χ1n) is 7.05. The molecule has 0 radical (unpaired) electrons. The molecule has 112 valence electrons. The summed E-state index contributed by atoms with van der Waals surface area (Å²) in [7, 11) is 0. The van der Waals surface area contributed by atoms with Crippen molar-refractivity contribution in [3.63, 3.8) is 0 Å². The molecule has 0 aromatic carbocycles. The summed E-state index contributed by atoms with van der Waals surface area (Å²) in [6, 6.07) is 9.42. The summed E-state index contributed by atoms with van der Waals surface area (Å²) in [5.41, 5.74) is 4.15. The van der Waals surface area contributed by atoms with Gasteiger partial charge in [-0.25, -0.2) is 4.98 Å². The number of hydrogen-bond acceptors (Lipinski definition) is 6. The molecule has 0 bridgehead atoms. The van der Waals surface area contributed by atoms with Crippen molar-refractivity contribution < 1.29 is 5.11 Å².